The normalized spacial score (nSPS) is 14.9. The van der Waals surface area contributed by atoms with Crippen LogP contribution in [-0.4, -0.2) is 95.9 Å². The highest BCUT2D eigenvalue weighted by Crippen LogP contribution is 2.45. The molecule has 0 rings (SSSR count). The molecule has 0 saturated heterocycles. The third-order valence-electron chi connectivity index (χ3n) is 15.0. The Labute approximate surface area is 587 Å². The highest BCUT2D eigenvalue weighted by atomic mass is 31.2. The third-order valence-corrected chi connectivity index (χ3v) is 16.9. The first kappa shape index (κ1) is 92.4. The van der Waals surface area contributed by atoms with Crippen molar-refractivity contribution in [3.63, 3.8) is 0 Å². The van der Waals surface area contributed by atoms with Crippen molar-refractivity contribution in [3.8, 4) is 0 Å². The summed E-state index contributed by atoms with van der Waals surface area (Å²) in [6, 6.07) is 0. The number of hydrogen-bond donors (Lipinski definition) is 4. The van der Waals surface area contributed by atoms with E-state index in [-0.39, 0.29) is 19.3 Å². The number of phosphoric acid groups is 2. The molecular weight excluding hydrogens is 1270 g/mol. The molecule has 0 aliphatic carbocycles. The van der Waals surface area contributed by atoms with Gasteiger partial charge in [-0.05, 0) is 141 Å². The van der Waals surface area contributed by atoms with Gasteiger partial charge in [-0.3, -0.25) is 32.5 Å². The van der Waals surface area contributed by atoms with E-state index in [0.29, 0.717) is 19.3 Å². The fourth-order valence-corrected chi connectivity index (χ4v) is 11.0. The van der Waals surface area contributed by atoms with Gasteiger partial charge in [-0.15, -0.1) is 0 Å². The lowest BCUT2D eigenvalue weighted by Crippen LogP contribution is -2.30. The number of carbonyl (C=O) groups is 3. The fraction of sp³-hybridized carbons (Fsp3) is 0.658. The molecule has 0 aliphatic rings. The van der Waals surface area contributed by atoms with Gasteiger partial charge in [0.2, 0.25) is 0 Å². The summed E-state index contributed by atoms with van der Waals surface area (Å²) in [5.41, 5.74) is 0. The van der Waals surface area contributed by atoms with E-state index in [1.54, 1.807) is 0 Å². The molecule has 18 heteroatoms. The van der Waals surface area contributed by atoms with Crippen LogP contribution in [0.15, 0.2) is 146 Å². The van der Waals surface area contributed by atoms with Gasteiger partial charge < -0.3 is 34.2 Å². The number of ether oxygens (including phenoxy) is 3. The van der Waals surface area contributed by atoms with Gasteiger partial charge in [-0.25, -0.2) is 9.13 Å². The van der Waals surface area contributed by atoms with Gasteiger partial charge in [0.1, 0.15) is 25.4 Å². The molecule has 0 fully saturated rings. The summed E-state index contributed by atoms with van der Waals surface area (Å²) in [6.45, 7) is 2.37. The Kier molecular flexibility index (Phi) is 67.9. The second-order valence-electron chi connectivity index (χ2n) is 24.3. The van der Waals surface area contributed by atoms with Gasteiger partial charge in [0, 0.05) is 19.3 Å². The molecule has 5 unspecified atom stereocenters. The SMILES string of the molecule is CC/C=C\C/C=C\C/C=C\C/C=C\C/C=C\CCCCCCCCCC(=O)OCC(O)COP(=O)(O)OCC(O)COP(=O)(O)OCC(COC(=O)CCCCCCCCC/C=C\C/C=C\C/C=C\C/C=C\C/C=C\CC)OC(=O)CCCCCCC/C=C\C/C=C\CCCCC. The Morgan fingerprint density at radius 2 is 0.546 bits per heavy atom. The Bertz CT molecular complexity index is 2350. The van der Waals surface area contributed by atoms with Crippen LogP contribution in [0.2, 0.25) is 0 Å². The van der Waals surface area contributed by atoms with Gasteiger partial charge >= 0.3 is 33.6 Å². The van der Waals surface area contributed by atoms with Gasteiger partial charge in [0.25, 0.3) is 0 Å². The van der Waals surface area contributed by atoms with Crippen molar-refractivity contribution < 1.29 is 75.8 Å². The molecule has 554 valence electrons. The minimum absolute atomic E-state index is 0.0815. The van der Waals surface area contributed by atoms with Crippen LogP contribution in [0.4, 0.5) is 0 Å². The molecule has 0 radical (unpaired) electrons. The zero-order chi connectivity index (χ0) is 70.9. The fourth-order valence-electron chi connectivity index (χ4n) is 9.42. The summed E-state index contributed by atoms with van der Waals surface area (Å²) in [7, 11) is -9.80. The number of allylic oxidation sites excluding steroid dienone is 24. The predicted molar refractivity (Wildman–Crippen MR) is 399 cm³/mol. The third kappa shape index (κ3) is 72.5. The van der Waals surface area contributed by atoms with Crippen molar-refractivity contribution in [1.82, 2.24) is 0 Å². The van der Waals surface area contributed by atoms with E-state index in [2.05, 4.69) is 167 Å². The molecule has 4 N–H and O–H groups in total. The number of aliphatic hydroxyl groups excluding tert-OH is 2. The molecule has 0 heterocycles. The molecule has 0 aliphatic heterocycles. The molecule has 0 aromatic carbocycles. The van der Waals surface area contributed by atoms with Gasteiger partial charge in [0.05, 0.1) is 26.4 Å². The van der Waals surface area contributed by atoms with Crippen molar-refractivity contribution in [2.45, 2.75) is 296 Å². The van der Waals surface area contributed by atoms with E-state index < -0.39 is 91.5 Å². The molecule has 16 nitrogen and oxygen atoms in total. The molecule has 0 spiro atoms. The van der Waals surface area contributed by atoms with Crippen LogP contribution in [0.5, 0.6) is 0 Å². The van der Waals surface area contributed by atoms with Gasteiger partial charge in [0.15, 0.2) is 6.10 Å². The minimum atomic E-state index is -4.94. The Hall–Kier alpha value is -4.57. The maximum Gasteiger partial charge on any atom is 0.472 e. The van der Waals surface area contributed by atoms with E-state index in [4.69, 9.17) is 32.3 Å². The summed E-state index contributed by atoms with van der Waals surface area (Å²) in [5, 5.41) is 20.6. The number of rotatable bonds is 69. The minimum Gasteiger partial charge on any atom is -0.463 e. The predicted octanol–water partition coefficient (Wildman–Crippen LogP) is 21.3. The molecule has 0 amide bonds. The van der Waals surface area contributed by atoms with Crippen LogP contribution in [0.25, 0.3) is 0 Å². The zero-order valence-corrected chi connectivity index (χ0v) is 62.0. The summed E-state index contributed by atoms with van der Waals surface area (Å²) in [4.78, 5) is 58.6. The van der Waals surface area contributed by atoms with Crippen LogP contribution < -0.4 is 0 Å². The largest absolute Gasteiger partial charge is 0.472 e. The van der Waals surface area contributed by atoms with Crippen molar-refractivity contribution in [3.05, 3.63) is 146 Å². The zero-order valence-electron chi connectivity index (χ0n) is 60.2. The highest BCUT2D eigenvalue weighted by Gasteiger charge is 2.29. The summed E-state index contributed by atoms with van der Waals surface area (Å²) >= 11 is 0. The summed E-state index contributed by atoms with van der Waals surface area (Å²) in [5.74, 6) is -1.62. The smallest absolute Gasteiger partial charge is 0.463 e. The maximum atomic E-state index is 13.0. The average molecular weight is 1400 g/mol. The van der Waals surface area contributed by atoms with Gasteiger partial charge in [-0.2, -0.15) is 0 Å². The van der Waals surface area contributed by atoms with Crippen molar-refractivity contribution >= 4 is 33.6 Å². The molecule has 0 saturated carbocycles. The van der Waals surface area contributed by atoms with Crippen LogP contribution in [0.1, 0.15) is 278 Å². The first-order valence-corrected chi connectivity index (χ1v) is 40.1. The van der Waals surface area contributed by atoms with Crippen LogP contribution in [0, 0.1) is 0 Å². The van der Waals surface area contributed by atoms with Crippen LogP contribution in [0.3, 0.4) is 0 Å². The van der Waals surface area contributed by atoms with Crippen LogP contribution >= 0.6 is 15.6 Å². The number of unbranched alkanes of at least 4 members (excludes halogenated alkanes) is 22. The molecule has 97 heavy (non-hydrogen) atoms. The van der Waals surface area contributed by atoms with E-state index >= 15 is 0 Å². The Morgan fingerprint density at radius 1 is 0.299 bits per heavy atom. The molecule has 5 atom stereocenters. The number of aliphatic hydroxyl groups is 2. The lowest BCUT2D eigenvalue weighted by molar-refractivity contribution is -0.161. The van der Waals surface area contributed by atoms with Crippen molar-refractivity contribution in [2.75, 3.05) is 39.6 Å². The molecule has 0 bridgehead atoms. The molecular formula is C79H132O16P2. The molecule has 0 aromatic heterocycles. The van der Waals surface area contributed by atoms with Crippen LogP contribution in [-0.2, 0) is 55.8 Å². The Morgan fingerprint density at radius 3 is 0.866 bits per heavy atom. The first-order chi connectivity index (χ1) is 47.2. The monoisotopic (exact) mass is 1400 g/mol. The second-order valence-corrected chi connectivity index (χ2v) is 27.2. The Balaban J connectivity index is 4.67. The topological polar surface area (TPSA) is 231 Å². The number of esters is 3. The van der Waals surface area contributed by atoms with E-state index in [0.717, 1.165) is 199 Å². The highest BCUT2D eigenvalue weighted by molar-refractivity contribution is 7.47. The van der Waals surface area contributed by atoms with E-state index in [1.165, 1.54) is 19.3 Å². The standard InChI is InChI=1S/C79H132O16P2/c1-4-7-10-13-16-19-22-25-28-30-32-34-36-38-40-42-45-47-50-53-56-59-62-65-77(82)89-68-74(80)69-91-96(85,86)92-70-75(81)71-93-97(87,88)94-73-76(95-79(84)67-64-61-58-55-52-49-44-27-24-21-18-15-12-9-6-3)72-90-78(83)66-63-60-57-54-51-48-46-43-41-39-37-35-33-31-29-26-23-20-17-14-11-8-5-2/h7-8,10-11,16-21,25-29,32-35,38-41,44,74-76,80-81H,4-6,9,12-15,22-24,30-31,36-37,42-43,45-73H2,1-3H3,(H,85,86)(H,87,88)/b10-7-,11-8-,19-16-,20-17-,21-18-,28-25-,29-26-,34-32-,35-33-,40-38-,41-39-,44-27-. The summed E-state index contributed by atoms with van der Waals surface area (Å²) < 4.78 is 61.0. The second kappa shape index (κ2) is 71.3. The van der Waals surface area contributed by atoms with Gasteiger partial charge in [-0.1, -0.05) is 263 Å². The van der Waals surface area contributed by atoms with Crippen molar-refractivity contribution in [2.24, 2.45) is 0 Å². The first-order valence-electron chi connectivity index (χ1n) is 37.1. The average Bonchev–Trinajstić information content (AvgIpc) is 1.77. The number of carbonyl (C=O) groups excluding carboxylic acids is 3. The quantitative estimate of drug-likeness (QED) is 0.0146. The lowest BCUT2D eigenvalue weighted by atomic mass is 10.1. The van der Waals surface area contributed by atoms with E-state index in [9.17, 15) is 43.5 Å². The summed E-state index contributed by atoms with van der Waals surface area (Å²) in [6.07, 6.45) is 86.0. The molecule has 0 aromatic rings. The van der Waals surface area contributed by atoms with Crippen molar-refractivity contribution in [1.29, 1.82) is 0 Å². The maximum absolute atomic E-state index is 13.0. The lowest BCUT2D eigenvalue weighted by Gasteiger charge is -2.21. The number of hydrogen-bond acceptors (Lipinski definition) is 14. The van der Waals surface area contributed by atoms with E-state index in [1.807, 2.05) is 0 Å². The number of phosphoric ester groups is 2.